The van der Waals surface area contributed by atoms with Gasteiger partial charge in [-0.15, -0.1) is 22.7 Å². The van der Waals surface area contributed by atoms with E-state index in [4.69, 9.17) is 4.74 Å². The van der Waals surface area contributed by atoms with Crippen molar-refractivity contribution in [2.45, 2.75) is 13.8 Å². The van der Waals surface area contributed by atoms with E-state index in [0.717, 1.165) is 16.1 Å². The summed E-state index contributed by atoms with van der Waals surface area (Å²) in [5.74, 6) is -0.654. The lowest BCUT2D eigenvalue weighted by atomic mass is 10.3. The third kappa shape index (κ3) is 3.55. The number of nitrogens with zero attached hydrogens (tertiary/aromatic N) is 1. The van der Waals surface area contributed by atoms with Crippen molar-refractivity contribution in [2.24, 2.45) is 0 Å². The second-order valence-corrected chi connectivity index (χ2v) is 7.54. The van der Waals surface area contributed by atoms with Crippen molar-refractivity contribution in [3.8, 4) is 10.6 Å². The number of carbonyl (C=O) groups excluding carboxylic acids is 2. The Morgan fingerprint density at radius 3 is 2.88 bits per heavy atom. The van der Waals surface area contributed by atoms with Crippen LogP contribution in [0.5, 0.6) is 0 Å². The first-order valence-corrected chi connectivity index (χ1v) is 9.79. The Kier molecular flexibility index (Phi) is 5.08. The summed E-state index contributed by atoms with van der Waals surface area (Å²) in [6, 6.07) is 3.74. The molecule has 3 rings (SSSR count). The number of ether oxygens (including phenoxy) is 1. The minimum atomic E-state index is -0.367. The van der Waals surface area contributed by atoms with E-state index in [1.54, 1.807) is 29.7 Å². The number of hydrogen-bond donors (Lipinski definition) is 1. The van der Waals surface area contributed by atoms with E-state index in [0.29, 0.717) is 22.2 Å². The maximum Gasteiger partial charge on any atom is 0.348 e. The zero-order chi connectivity index (χ0) is 17.1. The number of hydrogen-bond acceptors (Lipinski definition) is 7. The van der Waals surface area contributed by atoms with Crippen LogP contribution < -0.4 is 5.32 Å². The smallest absolute Gasteiger partial charge is 0.348 e. The van der Waals surface area contributed by atoms with E-state index in [-0.39, 0.29) is 11.9 Å². The largest absolute Gasteiger partial charge is 0.462 e. The molecule has 0 saturated heterocycles. The Morgan fingerprint density at radius 2 is 2.17 bits per heavy atom. The highest BCUT2D eigenvalue weighted by molar-refractivity contribution is 7.18. The van der Waals surface area contributed by atoms with Gasteiger partial charge in [0, 0.05) is 16.3 Å². The summed E-state index contributed by atoms with van der Waals surface area (Å²) >= 11 is 4.23. The number of anilines is 1. The first kappa shape index (κ1) is 16.8. The number of amides is 1. The van der Waals surface area contributed by atoms with E-state index < -0.39 is 0 Å². The van der Waals surface area contributed by atoms with Gasteiger partial charge in [-0.1, -0.05) is 0 Å². The summed E-state index contributed by atoms with van der Waals surface area (Å²) in [5, 5.41) is 9.91. The predicted molar refractivity (Wildman–Crippen MR) is 98.4 cm³/mol. The predicted octanol–water partition coefficient (Wildman–Crippen LogP) is 4.67. The highest BCUT2D eigenvalue weighted by atomic mass is 32.1. The van der Waals surface area contributed by atoms with Crippen molar-refractivity contribution < 1.29 is 14.3 Å². The van der Waals surface area contributed by atoms with Crippen molar-refractivity contribution in [1.29, 1.82) is 0 Å². The third-order valence-electron chi connectivity index (χ3n) is 3.12. The molecule has 0 spiro atoms. The number of esters is 1. The Balaban J connectivity index is 1.73. The molecule has 1 N–H and O–H groups in total. The maximum absolute atomic E-state index is 12.3. The van der Waals surface area contributed by atoms with Gasteiger partial charge in [-0.05, 0) is 36.9 Å². The standard InChI is InChI=1S/C16H14N2O3S3/c1-3-21-16(20)13-9(2)6-12(24-13)18-14(19)11-8-23-15(17-11)10-4-5-22-7-10/h4-8H,3H2,1-2H3,(H,18,19). The normalized spacial score (nSPS) is 10.6. The van der Waals surface area contributed by atoms with Crippen molar-refractivity contribution in [3.63, 3.8) is 0 Å². The van der Waals surface area contributed by atoms with Crippen LogP contribution in [0, 0.1) is 6.92 Å². The third-order valence-corrected chi connectivity index (χ3v) is 5.83. The quantitative estimate of drug-likeness (QED) is 0.655. The van der Waals surface area contributed by atoms with E-state index in [9.17, 15) is 9.59 Å². The van der Waals surface area contributed by atoms with Gasteiger partial charge in [-0.25, -0.2) is 9.78 Å². The molecular weight excluding hydrogens is 364 g/mol. The van der Waals surface area contributed by atoms with Crippen molar-refractivity contribution in [2.75, 3.05) is 11.9 Å². The summed E-state index contributed by atoms with van der Waals surface area (Å²) < 4.78 is 5.01. The van der Waals surface area contributed by atoms with E-state index >= 15 is 0 Å². The van der Waals surface area contributed by atoms with Crippen molar-refractivity contribution in [1.82, 2.24) is 4.98 Å². The molecule has 0 aliphatic rings. The average molecular weight is 379 g/mol. The van der Waals surface area contributed by atoms with Gasteiger partial charge in [0.05, 0.1) is 11.6 Å². The molecule has 0 atom stereocenters. The topological polar surface area (TPSA) is 68.3 Å². The molecule has 0 aliphatic carbocycles. The Bertz CT molecular complexity index is 865. The average Bonchev–Trinajstić information content (AvgIpc) is 3.27. The SMILES string of the molecule is CCOC(=O)c1sc(NC(=O)c2csc(-c3ccsc3)n2)cc1C. The Labute approximate surface area is 150 Å². The Hall–Kier alpha value is -2.03. The van der Waals surface area contributed by atoms with Crippen LogP contribution in [0.4, 0.5) is 5.00 Å². The lowest BCUT2D eigenvalue weighted by Crippen LogP contribution is -2.11. The van der Waals surface area contributed by atoms with Crippen molar-refractivity contribution in [3.05, 3.63) is 44.4 Å². The highest BCUT2D eigenvalue weighted by Gasteiger charge is 2.18. The van der Waals surface area contributed by atoms with Gasteiger partial charge in [-0.2, -0.15) is 11.3 Å². The van der Waals surface area contributed by atoms with Crippen molar-refractivity contribution >= 4 is 50.9 Å². The first-order chi connectivity index (χ1) is 11.6. The monoisotopic (exact) mass is 378 g/mol. The summed E-state index contributed by atoms with van der Waals surface area (Å²) in [6.07, 6.45) is 0. The van der Waals surface area contributed by atoms with Gasteiger partial charge in [0.25, 0.3) is 5.91 Å². The molecule has 0 unspecified atom stereocenters. The number of thiophene rings is 2. The van der Waals surface area contributed by atoms with Gasteiger partial charge in [-0.3, -0.25) is 4.79 Å². The molecule has 124 valence electrons. The molecule has 5 nitrogen and oxygen atoms in total. The number of carbonyl (C=O) groups is 2. The minimum Gasteiger partial charge on any atom is -0.462 e. The number of nitrogens with one attached hydrogen (secondary N) is 1. The first-order valence-electron chi connectivity index (χ1n) is 7.15. The number of rotatable bonds is 5. The van der Waals surface area contributed by atoms with Crippen LogP contribution in [-0.2, 0) is 4.74 Å². The number of thiazole rings is 1. The summed E-state index contributed by atoms with van der Waals surface area (Å²) in [7, 11) is 0. The molecule has 0 aromatic carbocycles. The molecule has 0 aliphatic heterocycles. The molecule has 1 amide bonds. The van der Waals surface area contributed by atoms with Gasteiger partial charge in [0.15, 0.2) is 0 Å². The van der Waals surface area contributed by atoms with Crippen LogP contribution in [0.3, 0.4) is 0 Å². The van der Waals surface area contributed by atoms with Gasteiger partial charge in [0.1, 0.15) is 15.6 Å². The molecule has 8 heteroatoms. The number of aryl methyl sites for hydroxylation is 1. The molecule has 3 aromatic heterocycles. The zero-order valence-electron chi connectivity index (χ0n) is 13.0. The fourth-order valence-electron chi connectivity index (χ4n) is 2.02. The molecule has 0 fully saturated rings. The van der Waals surface area contributed by atoms with E-state index in [1.165, 1.54) is 22.7 Å². The summed E-state index contributed by atoms with van der Waals surface area (Å²) in [6.45, 7) is 3.90. The molecule has 3 heterocycles. The van der Waals surface area contributed by atoms with E-state index in [1.807, 2.05) is 23.8 Å². The van der Waals surface area contributed by atoms with Crippen LogP contribution in [0.15, 0.2) is 28.3 Å². The summed E-state index contributed by atoms with van der Waals surface area (Å²) in [4.78, 5) is 29.0. The second kappa shape index (κ2) is 7.25. The number of aromatic nitrogens is 1. The van der Waals surface area contributed by atoms with Crippen LogP contribution in [0.25, 0.3) is 10.6 Å². The maximum atomic E-state index is 12.3. The van der Waals surface area contributed by atoms with Gasteiger partial charge in [0.2, 0.25) is 0 Å². The molecule has 24 heavy (non-hydrogen) atoms. The van der Waals surface area contributed by atoms with Crippen LogP contribution in [0.2, 0.25) is 0 Å². The highest BCUT2D eigenvalue weighted by Crippen LogP contribution is 2.29. The summed E-state index contributed by atoms with van der Waals surface area (Å²) in [5.41, 5.74) is 2.16. The van der Waals surface area contributed by atoms with Crippen LogP contribution >= 0.6 is 34.0 Å². The fraction of sp³-hybridized carbons (Fsp3) is 0.188. The lowest BCUT2D eigenvalue weighted by Gasteiger charge is -1.99. The van der Waals surface area contributed by atoms with Gasteiger partial charge >= 0.3 is 5.97 Å². The van der Waals surface area contributed by atoms with Crippen LogP contribution in [0.1, 0.15) is 32.6 Å². The minimum absolute atomic E-state index is 0.288. The zero-order valence-corrected chi connectivity index (χ0v) is 15.4. The molecule has 0 radical (unpaired) electrons. The Morgan fingerprint density at radius 1 is 1.33 bits per heavy atom. The van der Waals surface area contributed by atoms with E-state index in [2.05, 4.69) is 10.3 Å². The fourth-order valence-corrected chi connectivity index (χ4v) is 4.49. The lowest BCUT2D eigenvalue weighted by molar-refractivity contribution is 0.0531. The van der Waals surface area contributed by atoms with Gasteiger partial charge < -0.3 is 10.1 Å². The molecular formula is C16H14N2O3S3. The van der Waals surface area contributed by atoms with Crippen LogP contribution in [-0.4, -0.2) is 23.5 Å². The molecule has 0 saturated carbocycles. The molecule has 3 aromatic rings. The second-order valence-electron chi connectivity index (χ2n) is 4.85. The molecule has 0 bridgehead atoms.